The van der Waals surface area contributed by atoms with E-state index in [1.54, 1.807) is 0 Å². The number of benzene rings is 1. The molecule has 1 rings (SSSR count). The first-order valence-corrected chi connectivity index (χ1v) is 5.54. The fourth-order valence-corrected chi connectivity index (χ4v) is 1.50. The Hall–Kier alpha value is -1.02. The van der Waals surface area contributed by atoms with Gasteiger partial charge in [0.2, 0.25) is 0 Å². The van der Waals surface area contributed by atoms with E-state index in [2.05, 4.69) is 57.0 Å². The molecule has 0 saturated carbocycles. The van der Waals surface area contributed by atoms with E-state index in [-0.39, 0.29) is 6.04 Å². The van der Waals surface area contributed by atoms with Crippen LogP contribution in [0, 0.1) is 12.8 Å². The molecule has 2 nitrogen and oxygen atoms in total. The third-order valence-electron chi connectivity index (χ3n) is 2.93. The normalized spacial score (nSPS) is 14.7. The van der Waals surface area contributed by atoms with Crippen molar-refractivity contribution < 1.29 is 0 Å². The Labute approximate surface area is 93.1 Å². The number of nitrogens with two attached hydrogens (primary N) is 1. The molecule has 0 bridgehead atoms. The number of hydrogen-bond donors (Lipinski definition) is 1. The molecule has 2 atom stereocenters. The number of hydrogen-bond acceptors (Lipinski definition) is 2. The first-order chi connectivity index (χ1) is 7.00. The molecule has 0 fully saturated rings. The topological polar surface area (TPSA) is 29.3 Å². The van der Waals surface area contributed by atoms with Crippen LogP contribution >= 0.6 is 0 Å². The summed E-state index contributed by atoms with van der Waals surface area (Å²) >= 11 is 0. The lowest BCUT2D eigenvalue weighted by Crippen LogP contribution is -2.34. The van der Waals surface area contributed by atoms with Crippen molar-refractivity contribution in [1.82, 2.24) is 0 Å². The van der Waals surface area contributed by atoms with Crippen LogP contribution < -0.4 is 10.6 Å². The van der Waals surface area contributed by atoms with Gasteiger partial charge in [0.15, 0.2) is 0 Å². The first kappa shape index (κ1) is 12.1. The molecular formula is C13H22N2. The summed E-state index contributed by atoms with van der Waals surface area (Å²) in [5.41, 5.74) is 8.42. The first-order valence-electron chi connectivity index (χ1n) is 5.54. The summed E-state index contributed by atoms with van der Waals surface area (Å²) in [4.78, 5) is 2.26. The average Bonchev–Trinajstić information content (AvgIpc) is 2.18. The smallest absolute Gasteiger partial charge is 0.0363 e. The summed E-state index contributed by atoms with van der Waals surface area (Å²) < 4.78 is 0. The molecular weight excluding hydrogens is 184 g/mol. The molecule has 0 spiro atoms. The summed E-state index contributed by atoms with van der Waals surface area (Å²) in [7, 11) is 2.11. The van der Waals surface area contributed by atoms with Crippen molar-refractivity contribution in [1.29, 1.82) is 0 Å². The predicted octanol–water partition coefficient (Wildman–Crippen LogP) is 2.41. The Morgan fingerprint density at radius 3 is 2.20 bits per heavy atom. The lowest BCUT2D eigenvalue weighted by atomic mass is 10.0. The fraction of sp³-hybridized carbons (Fsp3) is 0.538. The third-order valence-corrected chi connectivity index (χ3v) is 2.93. The molecule has 0 aliphatic rings. The van der Waals surface area contributed by atoms with E-state index in [9.17, 15) is 0 Å². The molecule has 2 N–H and O–H groups in total. The quantitative estimate of drug-likeness (QED) is 0.819. The van der Waals surface area contributed by atoms with Gasteiger partial charge in [-0.25, -0.2) is 0 Å². The minimum absolute atomic E-state index is 0.248. The van der Waals surface area contributed by atoms with Gasteiger partial charge in [-0.3, -0.25) is 0 Å². The molecule has 0 radical (unpaired) electrons. The standard InChI is InChI=1S/C13H22N2/c1-10-5-7-13(8-6-10)15(4)9-11(2)12(3)14/h5-8,11-12H,9,14H2,1-4H3. The maximum absolute atomic E-state index is 5.86. The van der Waals surface area contributed by atoms with E-state index < -0.39 is 0 Å². The molecule has 0 saturated heterocycles. The number of nitrogens with zero attached hydrogens (tertiary/aromatic N) is 1. The highest BCUT2D eigenvalue weighted by atomic mass is 15.1. The summed E-state index contributed by atoms with van der Waals surface area (Å²) in [5, 5.41) is 0. The minimum Gasteiger partial charge on any atom is -0.374 e. The van der Waals surface area contributed by atoms with Crippen LogP contribution in [-0.2, 0) is 0 Å². The number of aryl methyl sites for hydroxylation is 1. The second kappa shape index (κ2) is 5.17. The second-order valence-corrected chi connectivity index (χ2v) is 4.55. The fourth-order valence-electron chi connectivity index (χ4n) is 1.50. The van der Waals surface area contributed by atoms with Crippen LogP contribution in [0.2, 0.25) is 0 Å². The van der Waals surface area contributed by atoms with Crippen molar-refractivity contribution in [2.75, 3.05) is 18.5 Å². The van der Waals surface area contributed by atoms with Crippen molar-refractivity contribution in [3.05, 3.63) is 29.8 Å². The van der Waals surface area contributed by atoms with Crippen LogP contribution in [0.25, 0.3) is 0 Å². The minimum atomic E-state index is 0.248. The van der Waals surface area contributed by atoms with Gasteiger partial charge >= 0.3 is 0 Å². The van der Waals surface area contributed by atoms with Crippen molar-refractivity contribution in [2.45, 2.75) is 26.8 Å². The molecule has 0 aromatic heterocycles. The Morgan fingerprint density at radius 2 is 1.73 bits per heavy atom. The lowest BCUT2D eigenvalue weighted by molar-refractivity contribution is 0.485. The van der Waals surface area contributed by atoms with Gasteiger partial charge in [-0.15, -0.1) is 0 Å². The molecule has 2 unspecified atom stereocenters. The van der Waals surface area contributed by atoms with Crippen LogP contribution in [0.4, 0.5) is 5.69 Å². The zero-order valence-corrected chi connectivity index (χ0v) is 10.2. The van der Waals surface area contributed by atoms with Gasteiger partial charge in [0, 0.05) is 25.3 Å². The Kier molecular flexibility index (Phi) is 4.15. The summed E-state index contributed by atoms with van der Waals surface area (Å²) in [6.45, 7) is 7.36. The Balaban J connectivity index is 2.61. The monoisotopic (exact) mass is 206 g/mol. The zero-order chi connectivity index (χ0) is 11.4. The van der Waals surface area contributed by atoms with Crippen LogP contribution in [0.5, 0.6) is 0 Å². The highest BCUT2D eigenvalue weighted by molar-refractivity contribution is 5.46. The van der Waals surface area contributed by atoms with E-state index in [4.69, 9.17) is 5.73 Å². The maximum atomic E-state index is 5.86. The number of rotatable bonds is 4. The average molecular weight is 206 g/mol. The summed E-state index contributed by atoms with van der Waals surface area (Å²) in [5.74, 6) is 0.510. The van der Waals surface area contributed by atoms with Crippen molar-refractivity contribution in [2.24, 2.45) is 11.7 Å². The second-order valence-electron chi connectivity index (χ2n) is 4.55. The van der Waals surface area contributed by atoms with E-state index >= 15 is 0 Å². The maximum Gasteiger partial charge on any atom is 0.0363 e. The van der Waals surface area contributed by atoms with Gasteiger partial charge in [0.05, 0.1) is 0 Å². The molecule has 0 aliphatic heterocycles. The molecule has 15 heavy (non-hydrogen) atoms. The van der Waals surface area contributed by atoms with Gasteiger partial charge in [-0.2, -0.15) is 0 Å². The lowest BCUT2D eigenvalue weighted by Gasteiger charge is -2.25. The van der Waals surface area contributed by atoms with Gasteiger partial charge in [-0.05, 0) is 31.9 Å². The van der Waals surface area contributed by atoms with Gasteiger partial charge in [0.25, 0.3) is 0 Å². The van der Waals surface area contributed by atoms with Crippen LogP contribution in [0.3, 0.4) is 0 Å². The Bertz CT molecular complexity index is 290. The predicted molar refractivity (Wildman–Crippen MR) is 67.3 cm³/mol. The van der Waals surface area contributed by atoms with Crippen molar-refractivity contribution in [3.63, 3.8) is 0 Å². The molecule has 0 amide bonds. The van der Waals surface area contributed by atoms with E-state index in [1.165, 1.54) is 11.3 Å². The zero-order valence-electron chi connectivity index (χ0n) is 10.2. The summed E-state index contributed by atoms with van der Waals surface area (Å²) in [6.07, 6.45) is 0. The van der Waals surface area contributed by atoms with Crippen molar-refractivity contribution >= 4 is 5.69 Å². The SMILES string of the molecule is Cc1ccc(N(C)CC(C)C(C)N)cc1. The largest absolute Gasteiger partial charge is 0.374 e. The van der Waals surface area contributed by atoms with Gasteiger partial charge < -0.3 is 10.6 Å². The molecule has 84 valence electrons. The molecule has 1 aromatic rings. The van der Waals surface area contributed by atoms with E-state index in [1.807, 2.05) is 0 Å². The van der Waals surface area contributed by atoms with Crippen LogP contribution in [-0.4, -0.2) is 19.6 Å². The highest BCUT2D eigenvalue weighted by Gasteiger charge is 2.10. The van der Waals surface area contributed by atoms with Gasteiger partial charge in [0.1, 0.15) is 0 Å². The van der Waals surface area contributed by atoms with E-state index in [0.717, 1.165) is 6.54 Å². The summed E-state index contributed by atoms with van der Waals surface area (Å²) in [6, 6.07) is 8.84. The molecule has 0 heterocycles. The molecule has 0 aliphatic carbocycles. The third kappa shape index (κ3) is 3.56. The highest BCUT2D eigenvalue weighted by Crippen LogP contribution is 2.15. The van der Waals surface area contributed by atoms with Crippen LogP contribution in [0.1, 0.15) is 19.4 Å². The molecule has 1 aromatic carbocycles. The van der Waals surface area contributed by atoms with Gasteiger partial charge in [-0.1, -0.05) is 24.6 Å². The van der Waals surface area contributed by atoms with Crippen molar-refractivity contribution in [3.8, 4) is 0 Å². The van der Waals surface area contributed by atoms with Crippen LogP contribution in [0.15, 0.2) is 24.3 Å². The number of anilines is 1. The molecule has 2 heteroatoms. The van der Waals surface area contributed by atoms with E-state index in [0.29, 0.717) is 5.92 Å². The Morgan fingerprint density at radius 1 is 1.20 bits per heavy atom.